The minimum absolute atomic E-state index is 0.0124. The van der Waals surface area contributed by atoms with Gasteiger partial charge in [0.25, 0.3) is 6.71 Å². The number of anilines is 6. The third-order valence-corrected chi connectivity index (χ3v) is 19.7. The van der Waals surface area contributed by atoms with Crippen molar-refractivity contribution >= 4 is 110 Å². The lowest BCUT2D eigenvalue weighted by Crippen LogP contribution is -2.60. The first kappa shape index (κ1) is 53.8. The zero-order chi connectivity index (χ0) is 58.4. The molecule has 4 heteroatoms. The van der Waals surface area contributed by atoms with Crippen LogP contribution in [0.5, 0.6) is 0 Å². The van der Waals surface area contributed by atoms with Crippen molar-refractivity contribution in [2.75, 3.05) is 9.80 Å². The fourth-order valence-corrected chi connectivity index (χ4v) is 14.9. The van der Waals surface area contributed by atoms with E-state index in [1.165, 1.54) is 148 Å². The Morgan fingerprint density at radius 3 is 1.40 bits per heavy atom. The van der Waals surface area contributed by atoms with Crippen LogP contribution in [-0.4, -0.2) is 6.71 Å². The van der Waals surface area contributed by atoms with Crippen molar-refractivity contribution < 1.29 is 0 Å². The zero-order valence-corrected chi connectivity index (χ0v) is 52.0. The van der Waals surface area contributed by atoms with Gasteiger partial charge in [0.1, 0.15) is 0 Å². The number of thiophene rings is 1. The van der Waals surface area contributed by atoms with Gasteiger partial charge in [-0.25, -0.2) is 0 Å². The summed E-state index contributed by atoms with van der Waals surface area (Å²) in [6.07, 6.45) is 0.987. The Kier molecular flexibility index (Phi) is 12.5. The van der Waals surface area contributed by atoms with Crippen molar-refractivity contribution in [3.8, 4) is 33.4 Å². The molecule has 414 valence electrons. The number of hydrogen-bond donors (Lipinski definition) is 0. The molecule has 2 nitrogen and oxygen atoms in total. The standard InChI is InChI=1S/C80H75BN2S/c1-14-49-26-39-57(40-27-49)82-70-24-19-25-71-74(70)81(76-75(82)67-46-56(80(11,12)13)38-43-73(67)84-76)68-47-63(50-28-33-53(34-29-50)77(2,3)4)64(51-30-35-54(36-31-51)78(5,6)7)48-72(68)83(71)69-42-37-55(79(8,9)10)45-65(69)52-32-41-62-60-22-16-15-20-58(60)59-21-17-18-23-61(59)66(62)44-52/h15-48H,14H2,1-13H3. The average molecular weight is 1110 g/mol. The van der Waals surface area contributed by atoms with Gasteiger partial charge < -0.3 is 9.80 Å². The summed E-state index contributed by atoms with van der Waals surface area (Å²) in [5.41, 5.74) is 23.7. The highest BCUT2D eigenvalue weighted by molar-refractivity contribution is 7.33. The summed E-state index contributed by atoms with van der Waals surface area (Å²) in [4.78, 5) is 5.29. The van der Waals surface area contributed by atoms with Crippen LogP contribution in [0.4, 0.5) is 34.1 Å². The van der Waals surface area contributed by atoms with E-state index in [0.29, 0.717) is 0 Å². The smallest absolute Gasteiger partial charge is 0.264 e. The molecule has 0 unspecified atom stereocenters. The van der Waals surface area contributed by atoms with E-state index in [0.717, 1.165) is 12.1 Å². The third-order valence-electron chi connectivity index (χ3n) is 18.5. The van der Waals surface area contributed by atoms with E-state index >= 15 is 0 Å². The lowest BCUT2D eigenvalue weighted by Gasteiger charge is -2.44. The summed E-state index contributed by atoms with van der Waals surface area (Å²) >= 11 is 1.98. The van der Waals surface area contributed by atoms with E-state index in [1.807, 2.05) is 11.3 Å². The van der Waals surface area contributed by atoms with Gasteiger partial charge in [-0.05, 0) is 188 Å². The van der Waals surface area contributed by atoms with Crippen LogP contribution in [-0.2, 0) is 28.1 Å². The molecule has 0 saturated carbocycles. The minimum Gasteiger partial charge on any atom is -0.311 e. The third kappa shape index (κ3) is 8.81. The maximum absolute atomic E-state index is 2.67. The predicted molar refractivity (Wildman–Crippen MR) is 369 cm³/mol. The van der Waals surface area contributed by atoms with Gasteiger partial charge in [-0.3, -0.25) is 0 Å². The molecule has 14 rings (SSSR count). The lowest BCUT2D eigenvalue weighted by atomic mass is 9.36. The molecule has 1 aromatic heterocycles. The Labute approximate surface area is 502 Å². The first-order chi connectivity index (χ1) is 40.1. The Bertz CT molecular complexity index is 4570. The zero-order valence-electron chi connectivity index (χ0n) is 51.2. The summed E-state index contributed by atoms with van der Waals surface area (Å²) in [6, 6.07) is 80.5. The van der Waals surface area contributed by atoms with Crippen LogP contribution in [0, 0.1) is 0 Å². The largest absolute Gasteiger partial charge is 0.311 e. The summed E-state index contributed by atoms with van der Waals surface area (Å²) < 4.78 is 2.69. The van der Waals surface area contributed by atoms with Crippen molar-refractivity contribution in [2.45, 2.75) is 118 Å². The van der Waals surface area contributed by atoms with Gasteiger partial charge in [0.2, 0.25) is 0 Å². The highest BCUT2D eigenvalue weighted by atomic mass is 32.1. The molecule has 0 bridgehead atoms. The van der Waals surface area contributed by atoms with Crippen LogP contribution >= 0.6 is 11.3 Å². The van der Waals surface area contributed by atoms with Gasteiger partial charge in [0.05, 0.1) is 11.4 Å². The van der Waals surface area contributed by atoms with Gasteiger partial charge in [-0.2, -0.15) is 0 Å². The van der Waals surface area contributed by atoms with Crippen LogP contribution in [0.15, 0.2) is 206 Å². The Morgan fingerprint density at radius 2 is 0.845 bits per heavy atom. The highest BCUT2D eigenvalue weighted by Crippen LogP contribution is 2.52. The van der Waals surface area contributed by atoms with Crippen molar-refractivity contribution in [3.05, 3.63) is 234 Å². The predicted octanol–water partition coefficient (Wildman–Crippen LogP) is 21.2. The summed E-state index contributed by atoms with van der Waals surface area (Å²) in [5.74, 6) is 0. The van der Waals surface area contributed by atoms with Gasteiger partial charge in [0.15, 0.2) is 0 Å². The van der Waals surface area contributed by atoms with Crippen LogP contribution in [0.1, 0.15) is 118 Å². The Hall–Kier alpha value is -8.18. The summed E-state index contributed by atoms with van der Waals surface area (Å²) in [7, 11) is 0. The van der Waals surface area contributed by atoms with Crippen LogP contribution < -0.4 is 25.5 Å². The molecule has 0 fully saturated rings. The average Bonchev–Trinajstić information content (AvgIpc) is 1.31. The van der Waals surface area contributed by atoms with E-state index in [9.17, 15) is 0 Å². The second-order valence-electron chi connectivity index (χ2n) is 28.1. The number of rotatable bonds is 6. The molecule has 0 amide bonds. The van der Waals surface area contributed by atoms with Gasteiger partial charge in [0, 0.05) is 43.2 Å². The molecule has 0 radical (unpaired) electrons. The number of fused-ring (bicyclic) bond motifs is 12. The van der Waals surface area contributed by atoms with E-state index in [-0.39, 0.29) is 28.4 Å². The summed E-state index contributed by atoms with van der Waals surface area (Å²) in [6.45, 7) is 30.1. The van der Waals surface area contributed by atoms with E-state index in [1.54, 1.807) is 0 Å². The van der Waals surface area contributed by atoms with Crippen molar-refractivity contribution in [1.82, 2.24) is 0 Å². The first-order valence-electron chi connectivity index (χ1n) is 30.4. The number of benzene rings is 11. The molecule has 84 heavy (non-hydrogen) atoms. The highest BCUT2D eigenvalue weighted by Gasteiger charge is 2.46. The van der Waals surface area contributed by atoms with Gasteiger partial charge in [-0.1, -0.05) is 236 Å². The SMILES string of the molecule is CCc1ccc(N2c3cccc4c3B(c3cc(-c5ccc(C(C)(C)C)cc5)c(-c5ccc(C(C)(C)C)cc5)cc3N4c3ccc(C(C)(C)C)cc3-c3ccc4c5ccccc5c5ccccc5c4c3)c3sc4ccc(C(C)(C)C)cc4c32)cc1. The van der Waals surface area contributed by atoms with Crippen LogP contribution in [0.3, 0.4) is 0 Å². The first-order valence-corrected chi connectivity index (χ1v) is 31.2. The van der Waals surface area contributed by atoms with Gasteiger partial charge >= 0.3 is 0 Å². The molecule has 2 aliphatic heterocycles. The molecule has 0 atom stereocenters. The van der Waals surface area contributed by atoms with Crippen molar-refractivity contribution in [1.29, 1.82) is 0 Å². The quantitative estimate of drug-likeness (QED) is 0.121. The Morgan fingerprint density at radius 1 is 0.357 bits per heavy atom. The van der Waals surface area contributed by atoms with E-state index in [2.05, 4.69) is 306 Å². The van der Waals surface area contributed by atoms with Crippen molar-refractivity contribution in [2.24, 2.45) is 0 Å². The monoisotopic (exact) mass is 1110 g/mol. The topological polar surface area (TPSA) is 6.48 Å². The Balaban J connectivity index is 1.11. The molecule has 3 heterocycles. The molecule has 11 aromatic carbocycles. The molecule has 0 spiro atoms. The maximum Gasteiger partial charge on any atom is 0.264 e. The number of nitrogens with zero attached hydrogens (tertiary/aromatic N) is 2. The second-order valence-corrected chi connectivity index (χ2v) is 29.1. The van der Waals surface area contributed by atoms with Crippen LogP contribution in [0.2, 0.25) is 0 Å². The van der Waals surface area contributed by atoms with E-state index in [4.69, 9.17) is 0 Å². The summed E-state index contributed by atoms with van der Waals surface area (Å²) in [5, 5.41) is 8.98. The van der Waals surface area contributed by atoms with Gasteiger partial charge in [-0.15, -0.1) is 11.3 Å². The molecule has 0 N–H and O–H groups in total. The molecule has 2 aliphatic rings. The minimum atomic E-state index is -0.105. The second kappa shape index (κ2) is 19.4. The fraction of sp³-hybridized carbons (Fsp3) is 0.225. The molecular formula is C80H75BN2S. The number of aryl methyl sites for hydroxylation is 1. The molecular weight excluding hydrogens is 1030 g/mol. The molecule has 0 aliphatic carbocycles. The van der Waals surface area contributed by atoms with Crippen molar-refractivity contribution in [3.63, 3.8) is 0 Å². The van der Waals surface area contributed by atoms with E-state index < -0.39 is 0 Å². The lowest BCUT2D eigenvalue weighted by molar-refractivity contribution is 0.590. The van der Waals surface area contributed by atoms with Crippen LogP contribution in [0.25, 0.3) is 75.8 Å². The fourth-order valence-electron chi connectivity index (χ4n) is 13.6. The maximum atomic E-state index is 2.67. The molecule has 0 saturated heterocycles. The molecule has 12 aromatic rings. The number of hydrogen-bond acceptors (Lipinski definition) is 3. The normalized spacial score (nSPS) is 13.5.